The van der Waals surface area contributed by atoms with Crippen LogP contribution in [0.2, 0.25) is 0 Å². The van der Waals surface area contributed by atoms with Crippen LogP contribution in [0.5, 0.6) is 0 Å². The summed E-state index contributed by atoms with van der Waals surface area (Å²) in [5, 5.41) is 10.8. The molecule has 2 rings (SSSR count). The van der Waals surface area contributed by atoms with Gasteiger partial charge in [-0.15, -0.1) is 0 Å². The minimum absolute atomic E-state index is 0.309. The zero-order valence-electron chi connectivity index (χ0n) is 8.10. The SMILES string of the molecule is C=Cc1ccc2ccc(C(=O)O)cc2c1. The summed E-state index contributed by atoms with van der Waals surface area (Å²) in [5.41, 5.74) is 1.30. The minimum Gasteiger partial charge on any atom is -0.478 e. The average Bonchev–Trinajstić information content (AvgIpc) is 2.27. The molecule has 74 valence electrons. The van der Waals surface area contributed by atoms with Gasteiger partial charge in [0.05, 0.1) is 5.56 Å². The Balaban J connectivity index is 2.67. The van der Waals surface area contributed by atoms with E-state index in [9.17, 15) is 4.79 Å². The Kier molecular flexibility index (Phi) is 2.26. The maximum Gasteiger partial charge on any atom is 0.335 e. The fourth-order valence-corrected chi connectivity index (χ4v) is 1.53. The Bertz CT molecular complexity index is 541. The molecule has 0 bridgehead atoms. The first kappa shape index (κ1) is 9.46. The molecule has 0 aliphatic carbocycles. The van der Waals surface area contributed by atoms with Gasteiger partial charge in [0.15, 0.2) is 0 Å². The van der Waals surface area contributed by atoms with Gasteiger partial charge >= 0.3 is 5.97 Å². The second kappa shape index (κ2) is 3.58. The average molecular weight is 198 g/mol. The maximum atomic E-state index is 10.8. The van der Waals surface area contributed by atoms with E-state index in [2.05, 4.69) is 6.58 Å². The number of rotatable bonds is 2. The Hall–Kier alpha value is -2.09. The molecule has 2 aromatic rings. The van der Waals surface area contributed by atoms with Gasteiger partial charge in [0.25, 0.3) is 0 Å². The predicted octanol–water partition coefficient (Wildman–Crippen LogP) is 3.18. The molecule has 0 spiro atoms. The fraction of sp³-hybridized carbons (Fsp3) is 0. The molecule has 0 radical (unpaired) electrons. The second-order valence-corrected chi connectivity index (χ2v) is 3.33. The first-order valence-electron chi connectivity index (χ1n) is 4.60. The monoisotopic (exact) mass is 198 g/mol. The smallest absolute Gasteiger partial charge is 0.335 e. The number of carboxylic acid groups (broad SMARTS) is 1. The molecule has 0 atom stereocenters. The van der Waals surface area contributed by atoms with E-state index in [4.69, 9.17) is 5.11 Å². The van der Waals surface area contributed by atoms with E-state index in [1.165, 1.54) is 0 Å². The van der Waals surface area contributed by atoms with Crippen molar-refractivity contribution < 1.29 is 9.90 Å². The number of aromatic carboxylic acids is 1. The van der Waals surface area contributed by atoms with Gasteiger partial charge in [-0.3, -0.25) is 0 Å². The van der Waals surface area contributed by atoms with Gasteiger partial charge in [0, 0.05) is 0 Å². The lowest BCUT2D eigenvalue weighted by molar-refractivity contribution is 0.0697. The Morgan fingerprint density at radius 2 is 1.87 bits per heavy atom. The predicted molar refractivity (Wildman–Crippen MR) is 61.0 cm³/mol. The standard InChI is InChI=1S/C13H10O2/c1-2-9-3-4-10-5-6-11(13(14)15)8-12(10)7-9/h2-8H,1H2,(H,14,15). The van der Waals surface area contributed by atoms with Crippen LogP contribution in [0.1, 0.15) is 15.9 Å². The third-order valence-corrected chi connectivity index (χ3v) is 2.35. The number of hydrogen-bond acceptors (Lipinski definition) is 1. The van der Waals surface area contributed by atoms with Gasteiger partial charge in [0.1, 0.15) is 0 Å². The largest absolute Gasteiger partial charge is 0.478 e. The number of carboxylic acids is 1. The normalized spacial score (nSPS) is 10.1. The number of hydrogen-bond donors (Lipinski definition) is 1. The zero-order chi connectivity index (χ0) is 10.8. The van der Waals surface area contributed by atoms with Crippen LogP contribution in [0.25, 0.3) is 16.8 Å². The van der Waals surface area contributed by atoms with Crippen molar-refractivity contribution in [3.8, 4) is 0 Å². The zero-order valence-corrected chi connectivity index (χ0v) is 8.10. The van der Waals surface area contributed by atoms with Crippen molar-refractivity contribution in [3.63, 3.8) is 0 Å². The van der Waals surface area contributed by atoms with Crippen molar-refractivity contribution in [1.29, 1.82) is 0 Å². The van der Waals surface area contributed by atoms with Crippen LogP contribution in [-0.4, -0.2) is 11.1 Å². The second-order valence-electron chi connectivity index (χ2n) is 3.33. The molecule has 0 aromatic heterocycles. The minimum atomic E-state index is -0.902. The Labute approximate surface area is 87.5 Å². The van der Waals surface area contributed by atoms with Gasteiger partial charge in [0.2, 0.25) is 0 Å². The van der Waals surface area contributed by atoms with Crippen LogP contribution in [0.3, 0.4) is 0 Å². The molecular formula is C13H10O2. The van der Waals surface area contributed by atoms with Crippen LogP contribution in [-0.2, 0) is 0 Å². The van der Waals surface area contributed by atoms with Crippen molar-refractivity contribution in [2.45, 2.75) is 0 Å². The van der Waals surface area contributed by atoms with Crippen LogP contribution in [0.15, 0.2) is 43.0 Å². The summed E-state index contributed by atoms with van der Waals surface area (Å²) >= 11 is 0. The molecule has 0 heterocycles. The molecule has 0 saturated carbocycles. The van der Waals surface area contributed by atoms with E-state index in [1.807, 2.05) is 24.3 Å². The Morgan fingerprint density at radius 1 is 1.13 bits per heavy atom. The van der Waals surface area contributed by atoms with Gasteiger partial charge in [-0.2, -0.15) is 0 Å². The molecule has 0 saturated heterocycles. The highest BCUT2D eigenvalue weighted by atomic mass is 16.4. The quantitative estimate of drug-likeness (QED) is 0.804. The lowest BCUT2D eigenvalue weighted by atomic mass is 10.0. The van der Waals surface area contributed by atoms with Crippen molar-refractivity contribution in [3.05, 3.63) is 54.1 Å². The van der Waals surface area contributed by atoms with Crippen molar-refractivity contribution in [2.75, 3.05) is 0 Å². The number of fused-ring (bicyclic) bond motifs is 1. The molecular weight excluding hydrogens is 188 g/mol. The van der Waals surface area contributed by atoms with Crippen LogP contribution in [0, 0.1) is 0 Å². The lowest BCUT2D eigenvalue weighted by Gasteiger charge is -2.01. The van der Waals surface area contributed by atoms with Crippen molar-refractivity contribution in [1.82, 2.24) is 0 Å². The highest BCUT2D eigenvalue weighted by Crippen LogP contribution is 2.18. The molecule has 0 amide bonds. The highest BCUT2D eigenvalue weighted by molar-refractivity contribution is 5.94. The van der Waals surface area contributed by atoms with Crippen molar-refractivity contribution >= 4 is 22.8 Å². The number of benzene rings is 2. The summed E-state index contributed by atoms with van der Waals surface area (Å²) in [4.78, 5) is 10.8. The van der Waals surface area contributed by atoms with E-state index >= 15 is 0 Å². The third kappa shape index (κ3) is 1.74. The van der Waals surface area contributed by atoms with E-state index in [-0.39, 0.29) is 0 Å². The lowest BCUT2D eigenvalue weighted by Crippen LogP contribution is -1.95. The summed E-state index contributed by atoms with van der Waals surface area (Å²) in [6, 6.07) is 10.9. The van der Waals surface area contributed by atoms with Gasteiger partial charge in [-0.05, 0) is 34.5 Å². The van der Waals surface area contributed by atoms with Crippen molar-refractivity contribution in [2.24, 2.45) is 0 Å². The van der Waals surface area contributed by atoms with E-state index in [0.717, 1.165) is 16.3 Å². The molecule has 2 aromatic carbocycles. The first-order valence-corrected chi connectivity index (χ1v) is 4.60. The first-order chi connectivity index (χ1) is 7.20. The molecule has 1 N–H and O–H groups in total. The molecule has 2 heteroatoms. The van der Waals surface area contributed by atoms with Crippen LogP contribution in [0.4, 0.5) is 0 Å². The van der Waals surface area contributed by atoms with E-state index < -0.39 is 5.97 Å². The van der Waals surface area contributed by atoms with Gasteiger partial charge in [-0.25, -0.2) is 4.79 Å². The molecule has 0 unspecified atom stereocenters. The summed E-state index contributed by atoms with van der Waals surface area (Å²) in [6.07, 6.45) is 1.74. The molecule has 15 heavy (non-hydrogen) atoms. The summed E-state index contributed by atoms with van der Waals surface area (Å²) in [6.45, 7) is 3.68. The summed E-state index contributed by atoms with van der Waals surface area (Å²) in [7, 11) is 0. The molecule has 2 nitrogen and oxygen atoms in total. The highest BCUT2D eigenvalue weighted by Gasteiger charge is 2.03. The molecule has 0 aliphatic heterocycles. The van der Waals surface area contributed by atoms with Gasteiger partial charge in [-0.1, -0.05) is 30.9 Å². The third-order valence-electron chi connectivity index (χ3n) is 2.35. The number of carbonyl (C=O) groups is 1. The molecule has 0 aliphatic rings. The van der Waals surface area contributed by atoms with E-state index in [0.29, 0.717) is 5.56 Å². The van der Waals surface area contributed by atoms with Crippen LogP contribution < -0.4 is 0 Å². The topological polar surface area (TPSA) is 37.3 Å². The summed E-state index contributed by atoms with van der Waals surface area (Å²) < 4.78 is 0. The Morgan fingerprint density at radius 3 is 2.53 bits per heavy atom. The fourth-order valence-electron chi connectivity index (χ4n) is 1.53. The van der Waals surface area contributed by atoms with Crippen LogP contribution >= 0.6 is 0 Å². The summed E-state index contributed by atoms with van der Waals surface area (Å²) in [5.74, 6) is -0.902. The maximum absolute atomic E-state index is 10.8. The van der Waals surface area contributed by atoms with Gasteiger partial charge < -0.3 is 5.11 Å². The van der Waals surface area contributed by atoms with E-state index in [1.54, 1.807) is 18.2 Å². The molecule has 0 fully saturated rings.